The molecule has 0 saturated carbocycles. The maximum absolute atomic E-state index is 9.77. The van der Waals surface area contributed by atoms with Crippen molar-refractivity contribution >= 4 is 0 Å². The number of aliphatic hydroxyl groups excluding tert-OH is 1. The summed E-state index contributed by atoms with van der Waals surface area (Å²) in [6, 6.07) is 0. The van der Waals surface area contributed by atoms with Gasteiger partial charge in [0.2, 0.25) is 0 Å². The third-order valence-electron chi connectivity index (χ3n) is 3.72. The highest BCUT2D eigenvalue weighted by molar-refractivity contribution is 4.59. The summed E-state index contributed by atoms with van der Waals surface area (Å²) >= 11 is 0. The van der Waals surface area contributed by atoms with E-state index in [0.29, 0.717) is 13.2 Å². The number of hydrogen-bond donors (Lipinski definition) is 2. The van der Waals surface area contributed by atoms with Crippen LogP contribution >= 0.6 is 0 Å². The van der Waals surface area contributed by atoms with E-state index < -0.39 is 0 Å². The average molecular weight is 302 g/mol. The number of hydrogen-bond acceptors (Lipinski definition) is 3. The van der Waals surface area contributed by atoms with Crippen LogP contribution in [0.15, 0.2) is 0 Å². The topological polar surface area (TPSA) is 41.5 Å². The number of ether oxygens (including phenoxy) is 1. The van der Waals surface area contributed by atoms with Gasteiger partial charge in [-0.1, -0.05) is 65.7 Å². The Hall–Kier alpha value is -0.120. The summed E-state index contributed by atoms with van der Waals surface area (Å²) in [5.74, 6) is 0.834. The zero-order chi connectivity index (χ0) is 15.8. The molecule has 0 radical (unpaired) electrons. The second-order valence-electron chi connectivity index (χ2n) is 6.59. The summed E-state index contributed by atoms with van der Waals surface area (Å²) in [4.78, 5) is 0. The predicted molar refractivity (Wildman–Crippen MR) is 91.8 cm³/mol. The number of nitrogens with one attached hydrogen (secondary N) is 1. The van der Waals surface area contributed by atoms with Crippen LogP contribution in [0.5, 0.6) is 0 Å². The van der Waals surface area contributed by atoms with Gasteiger partial charge < -0.3 is 15.2 Å². The van der Waals surface area contributed by atoms with E-state index in [-0.39, 0.29) is 6.10 Å². The molecule has 3 nitrogen and oxygen atoms in total. The minimum atomic E-state index is -0.364. The van der Waals surface area contributed by atoms with Crippen molar-refractivity contribution in [3.05, 3.63) is 0 Å². The molecule has 0 amide bonds. The molecule has 3 heteroatoms. The standard InChI is InChI=1S/C18H39NO2/c1-4-5-6-11-14-21-16-18(20)15-19-13-10-8-7-9-12-17(2)3/h17-20H,4-16H2,1-3H3. The maximum atomic E-state index is 9.77. The highest BCUT2D eigenvalue weighted by Gasteiger charge is 2.03. The Morgan fingerprint density at radius 3 is 2.38 bits per heavy atom. The Morgan fingerprint density at radius 2 is 1.67 bits per heavy atom. The van der Waals surface area contributed by atoms with Gasteiger partial charge in [0, 0.05) is 13.2 Å². The van der Waals surface area contributed by atoms with E-state index in [1.165, 1.54) is 51.4 Å². The summed E-state index contributed by atoms with van der Waals surface area (Å²) in [5, 5.41) is 13.1. The number of unbranched alkanes of at least 4 members (excludes halogenated alkanes) is 6. The van der Waals surface area contributed by atoms with Crippen molar-refractivity contribution in [3.8, 4) is 0 Å². The summed E-state index contributed by atoms with van der Waals surface area (Å²) in [6.45, 7) is 9.70. The highest BCUT2D eigenvalue weighted by atomic mass is 16.5. The first-order valence-electron chi connectivity index (χ1n) is 9.13. The molecule has 2 N–H and O–H groups in total. The largest absolute Gasteiger partial charge is 0.389 e. The lowest BCUT2D eigenvalue weighted by Crippen LogP contribution is -2.31. The van der Waals surface area contributed by atoms with E-state index in [1.807, 2.05) is 0 Å². The molecule has 128 valence electrons. The van der Waals surface area contributed by atoms with Crippen molar-refractivity contribution in [1.82, 2.24) is 5.32 Å². The molecule has 0 spiro atoms. The lowest BCUT2D eigenvalue weighted by Gasteiger charge is -2.12. The highest BCUT2D eigenvalue weighted by Crippen LogP contribution is 2.08. The molecule has 0 aliphatic heterocycles. The summed E-state index contributed by atoms with van der Waals surface area (Å²) in [7, 11) is 0. The Kier molecular flexibility index (Phi) is 16.2. The molecule has 0 rings (SSSR count). The van der Waals surface area contributed by atoms with Crippen LogP contribution in [-0.4, -0.2) is 37.5 Å². The third-order valence-corrected chi connectivity index (χ3v) is 3.72. The molecule has 0 bridgehead atoms. The SMILES string of the molecule is CCCCCCOCC(O)CNCCCCCCC(C)C. The van der Waals surface area contributed by atoms with E-state index in [0.717, 1.165) is 25.5 Å². The monoisotopic (exact) mass is 301 g/mol. The van der Waals surface area contributed by atoms with Crippen LogP contribution in [-0.2, 0) is 4.74 Å². The van der Waals surface area contributed by atoms with Gasteiger partial charge in [0.1, 0.15) is 0 Å². The van der Waals surface area contributed by atoms with Gasteiger partial charge in [-0.15, -0.1) is 0 Å². The fourth-order valence-electron chi connectivity index (χ4n) is 2.33. The quantitative estimate of drug-likeness (QED) is 0.421. The Morgan fingerprint density at radius 1 is 0.952 bits per heavy atom. The van der Waals surface area contributed by atoms with Crippen LogP contribution in [0.3, 0.4) is 0 Å². The molecular formula is C18H39NO2. The van der Waals surface area contributed by atoms with E-state index in [9.17, 15) is 5.11 Å². The van der Waals surface area contributed by atoms with Crippen molar-refractivity contribution in [1.29, 1.82) is 0 Å². The van der Waals surface area contributed by atoms with Gasteiger partial charge >= 0.3 is 0 Å². The number of rotatable bonds is 16. The molecule has 0 aliphatic carbocycles. The molecule has 1 unspecified atom stereocenters. The lowest BCUT2D eigenvalue weighted by atomic mass is 10.0. The van der Waals surface area contributed by atoms with Crippen molar-refractivity contribution in [2.45, 2.75) is 84.7 Å². The summed E-state index contributed by atoms with van der Waals surface area (Å²) < 4.78 is 5.48. The van der Waals surface area contributed by atoms with Gasteiger partial charge in [0.25, 0.3) is 0 Å². The molecular weight excluding hydrogens is 262 g/mol. The van der Waals surface area contributed by atoms with Crippen LogP contribution in [0, 0.1) is 5.92 Å². The molecule has 0 aromatic carbocycles. The van der Waals surface area contributed by atoms with Gasteiger partial charge in [0.05, 0.1) is 12.7 Å². The van der Waals surface area contributed by atoms with Gasteiger partial charge in [-0.3, -0.25) is 0 Å². The van der Waals surface area contributed by atoms with Crippen molar-refractivity contribution in [3.63, 3.8) is 0 Å². The van der Waals surface area contributed by atoms with Crippen LogP contribution in [0.25, 0.3) is 0 Å². The second kappa shape index (κ2) is 16.3. The van der Waals surface area contributed by atoms with Crippen molar-refractivity contribution in [2.24, 2.45) is 5.92 Å². The fraction of sp³-hybridized carbons (Fsp3) is 1.00. The van der Waals surface area contributed by atoms with Crippen molar-refractivity contribution in [2.75, 3.05) is 26.3 Å². The summed E-state index contributed by atoms with van der Waals surface area (Å²) in [6.07, 6.45) is 11.1. The Labute approximate surface area is 132 Å². The van der Waals surface area contributed by atoms with Crippen LogP contribution in [0.2, 0.25) is 0 Å². The summed E-state index contributed by atoms with van der Waals surface area (Å²) in [5.41, 5.74) is 0. The normalized spacial score (nSPS) is 13.0. The first kappa shape index (κ1) is 20.9. The minimum absolute atomic E-state index is 0.364. The van der Waals surface area contributed by atoms with Gasteiger partial charge in [-0.25, -0.2) is 0 Å². The zero-order valence-corrected chi connectivity index (χ0v) is 14.7. The van der Waals surface area contributed by atoms with Crippen LogP contribution in [0.4, 0.5) is 0 Å². The third kappa shape index (κ3) is 17.8. The molecule has 0 aromatic heterocycles. The second-order valence-corrected chi connectivity index (χ2v) is 6.59. The Bertz CT molecular complexity index is 198. The van der Waals surface area contributed by atoms with Crippen LogP contribution < -0.4 is 5.32 Å². The molecule has 0 saturated heterocycles. The molecule has 1 atom stereocenters. The fourth-order valence-corrected chi connectivity index (χ4v) is 2.33. The first-order chi connectivity index (χ1) is 10.2. The molecule has 0 aliphatic rings. The van der Waals surface area contributed by atoms with Crippen molar-refractivity contribution < 1.29 is 9.84 Å². The first-order valence-corrected chi connectivity index (χ1v) is 9.13. The van der Waals surface area contributed by atoms with E-state index >= 15 is 0 Å². The zero-order valence-electron chi connectivity index (χ0n) is 14.7. The van der Waals surface area contributed by atoms with Gasteiger partial charge in [-0.2, -0.15) is 0 Å². The molecule has 21 heavy (non-hydrogen) atoms. The maximum Gasteiger partial charge on any atom is 0.0897 e. The Balaban J connectivity index is 3.14. The lowest BCUT2D eigenvalue weighted by molar-refractivity contribution is 0.0355. The van der Waals surface area contributed by atoms with Gasteiger partial charge in [0.15, 0.2) is 0 Å². The number of aliphatic hydroxyl groups is 1. The molecule has 0 aromatic rings. The average Bonchev–Trinajstić information content (AvgIpc) is 2.45. The predicted octanol–water partition coefficient (Wildman–Crippen LogP) is 4.14. The van der Waals surface area contributed by atoms with E-state index in [2.05, 4.69) is 26.1 Å². The van der Waals surface area contributed by atoms with E-state index in [4.69, 9.17) is 4.74 Å². The van der Waals surface area contributed by atoms with Crippen LogP contribution in [0.1, 0.15) is 78.6 Å². The van der Waals surface area contributed by atoms with E-state index in [1.54, 1.807) is 0 Å². The molecule has 0 heterocycles. The molecule has 0 fully saturated rings. The minimum Gasteiger partial charge on any atom is -0.389 e. The van der Waals surface area contributed by atoms with Gasteiger partial charge in [-0.05, 0) is 25.3 Å². The smallest absolute Gasteiger partial charge is 0.0897 e.